The fraction of sp³-hybridized carbons (Fsp3) is 0.609. The van der Waals surface area contributed by atoms with E-state index in [0.29, 0.717) is 49.8 Å². The predicted molar refractivity (Wildman–Crippen MR) is 110 cm³/mol. The van der Waals surface area contributed by atoms with Gasteiger partial charge in [-0.2, -0.15) is 5.26 Å². The molecule has 156 valence electrons. The summed E-state index contributed by atoms with van der Waals surface area (Å²) in [4.78, 5) is 29.4. The minimum atomic E-state index is -0.648. The molecule has 0 spiro atoms. The van der Waals surface area contributed by atoms with E-state index in [-0.39, 0.29) is 17.7 Å². The molecule has 1 aliphatic carbocycles. The lowest BCUT2D eigenvalue weighted by Gasteiger charge is -2.37. The van der Waals surface area contributed by atoms with Crippen LogP contribution in [0, 0.1) is 23.2 Å². The van der Waals surface area contributed by atoms with E-state index < -0.39 is 6.10 Å². The summed E-state index contributed by atoms with van der Waals surface area (Å²) in [6.45, 7) is 6.11. The van der Waals surface area contributed by atoms with E-state index in [0.717, 1.165) is 0 Å². The van der Waals surface area contributed by atoms with Crippen LogP contribution in [0.3, 0.4) is 0 Å². The maximum Gasteiger partial charge on any atom is 0.264 e. The summed E-state index contributed by atoms with van der Waals surface area (Å²) >= 11 is 0. The van der Waals surface area contributed by atoms with Crippen LogP contribution in [0.1, 0.15) is 51.5 Å². The predicted octanol–water partition coefficient (Wildman–Crippen LogP) is 3.21. The van der Waals surface area contributed by atoms with Crippen molar-refractivity contribution in [2.24, 2.45) is 11.8 Å². The Bertz CT molecular complexity index is 757. The largest absolute Gasteiger partial charge is 0.479 e. The van der Waals surface area contributed by atoms with Crippen molar-refractivity contribution >= 4 is 11.8 Å². The zero-order chi connectivity index (χ0) is 20.8. The first kappa shape index (κ1) is 21.2. The lowest BCUT2D eigenvalue weighted by molar-refractivity contribution is -0.146. The second-order valence-electron chi connectivity index (χ2n) is 8.45. The van der Waals surface area contributed by atoms with Crippen LogP contribution >= 0.6 is 0 Å². The number of carbonyl (C=O) groups is 2. The summed E-state index contributed by atoms with van der Waals surface area (Å²) in [7, 11) is 0. The lowest BCUT2D eigenvalue weighted by Crippen LogP contribution is -2.54. The minimum Gasteiger partial charge on any atom is -0.479 e. The molecule has 0 bridgehead atoms. The first-order chi connectivity index (χ1) is 14.0. The smallest absolute Gasteiger partial charge is 0.264 e. The van der Waals surface area contributed by atoms with Crippen molar-refractivity contribution in [1.82, 2.24) is 9.80 Å². The van der Waals surface area contributed by atoms with Crippen molar-refractivity contribution in [2.75, 3.05) is 26.2 Å². The van der Waals surface area contributed by atoms with Crippen molar-refractivity contribution in [2.45, 2.75) is 52.1 Å². The number of benzene rings is 1. The molecule has 2 amide bonds. The molecule has 2 fully saturated rings. The van der Waals surface area contributed by atoms with Crippen molar-refractivity contribution in [1.29, 1.82) is 5.26 Å². The van der Waals surface area contributed by atoms with Crippen LogP contribution in [0.5, 0.6) is 5.75 Å². The minimum absolute atomic E-state index is 0.0312. The van der Waals surface area contributed by atoms with Crippen molar-refractivity contribution in [3.63, 3.8) is 0 Å². The van der Waals surface area contributed by atoms with Gasteiger partial charge in [0.1, 0.15) is 11.8 Å². The van der Waals surface area contributed by atoms with Gasteiger partial charge < -0.3 is 14.5 Å². The number of piperazine rings is 1. The van der Waals surface area contributed by atoms with Crippen molar-refractivity contribution < 1.29 is 14.3 Å². The zero-order valence-electron chi connectivity index (χ0n) is 17.5. The van der Waals surface area contributed by atoms with Gasteiger partial charge in [0.15, 0.2) is 6.10 Å². The molecule has 1 unspecified atom stereocenters. The highest BCUT2D eigenvalue weighted by molar-refractivity contribution is 5.82. The Morgan fingerprint density at radius 3 is 2.34 bits per heavy atom. The molecular weight excluding hydrogens is 366 g/mol. The van der Waals surface area contributed by atoms with E-state index in [9.17, 15) is 14.9 Å². The molecular formula is C23H31N3O3. The summed E-state index contributed by atoms with van der Waals surface area (Å²) in [6, 6.07) is 9.10. The number of hydrogen-bond donors (Lipinski definition) is 0. The van der Waals surface area contributed by atoms with Gasteiger partial charge in [0.2, 0.25) is 5.91 Å². The van der Waals surface area contributed by atoms with E-state index in [1.54, 1.807) is 29.2 Å². The Kier molecular flexibility index (Phi) is 7.13. The molecule has 0 radical (unpaired) electrons. The molecule has 0 aromatic heterocycles. The van der Waals surface area contributed by atoms with Crippen LogP contribution in [-0.2, 0) is 9.59 Å². The zero-order valence-corrected chi connectivity index (χ0v) is 17.5. The number of amides is 2. The maximum atomic E-state index is 13.1. The molecule has 1 saturated heterocycles. The van der Waals surface area contributed by atoms with E-state index >= 15 is 0 Å². The number of nitrogens with zero attached hydrogens (tertiary/aromatic N) is 3. The molecule has 1 saturated carbocycles. The standard InChI is InChI=1S/C23H31N3O3/c1-17(2)22(29-20-10-6-5-9-19(20)16-24)23(28)26-13-11-25(12-14-26)21(27)15-18-7-3-4-8-18/h5-6,9-10,17-18,22H,3-4,7-8,11-15H2,1-2H3. The van der Waals surface area contributed by atoms with Gasteiger partial charge in [-0.15, -0.1) is 0 Å². The third kappa shape index (κ3) is 5.29. The molecule has 2 aliphatic rings. The van der Waals surface area contributed by atoms with Gasteiger partial charge in [-0.1, -0.05) is 38.8 Å². The Morgan fingerprint density at radius 1 is 1.10 bits per heavy atom. The van der Waals surface area contributed by atoms with Crippen molar-refractivity contribution in [3.8, 4) is 11.8 Å². The molecule has 1 atom stereocenters. The van der Waals surface area contributed by atoms with Gasteiger partial charge in [-0.25, -0.2) is 0 Å². The SMILES string of the molecule is CC(C)C(Oc1ccccc1C#N)C(=O)N1CCN(C(=O)CC2CCCC2)CC1. The second kappa shape index (κ2) is 9.78. The van der Waals surface area contributed by atoms with E-state index in [1.807, 2.05) is 18.7 Å². The average molecular weight is 398 g/mol. The maximum absolute atomic E-state index is 13.1. The number of ether oxygens (including phenoxy) is 1. The van der Waals surface area contributed by atoms with Crippen LogP contribution in [0.4, 0.5) is 0 Å². The molecule has 0 N–H and O–H groups in total. The highest BCUT2D eigenvalue weighted by atomic mass is 16.5. The van der Waals surface area contributed by atoms with Crippen LogP contribution in [0.25, 0.3) is 0 Å². The molecule has 3 rings (SSSR count). The summed E-state index contributed by atoms with van der Waals surface area (Å²) in [5.74, 6) is 1.10. The van der Waals surface area contributed by atoms with Crippen molar-refractivity contribution in [3.05, 3.63) is 29.8 Å². The van der Waals surface area contributed by atoms with Gasteiger partial charge >= 0.3 is 0 Å². The highest BCUT2D eigenvalue weighted by Gasteiger charge is 2.33. The first-order valence-corrected chi connectivity index (χ1v) is 10.7. The second-order valence-corrected chi connectivity index (χ2v) is 8.45. The third-order valence-corrected chi connectivity index (χ3v) is 5.99. The van der Waals surface area contributed by atoms with Gasteiger partial charge in [0.25, 0.3) is 5.91 Å². The molecule has 6 heteroatoms. The summed E-state index contributed by atoms with van der Waals surface area (Å²) < 4.78 is 5.98. The number of rotatable bonds is 6. The van der Waals surface area contributed by atoms with Gasteiger partial charge in [0.05, 0.1) is 5.56 Å². The Hall–Kier alpha value is -2.55. The fourth-order valence-corrected chi connectivity index (χ4v) is 4.22. The quantitative estimate of drug-likeness (QED) is 0.739. The first-order valence-electron chi connectivity index (χ1n) is 10.7. The van der Waals surface area contributed by atoms with Crippen LogP contribution in [-0.4, -0.2) is 53.9 Å². The number of hydrogen-bond acceptors (Lipinski definition) is 4. The third-order valence-electron chi connectivity index (χ3n) is 5.99. The van der Waals surface area contributed by atoms with Gasteiger partial charge in [0, 0.05) is 32.6 Å². The van der Waals surface area contributed by atoms with Crippen LogP contribution in [0.2, 0.25) is 0 Å². The van der Waals surface area contributed by atoms with E-state index in [1.165, 1.54) is 25.7 Å². The fourth-order valence-electron chi connectivity index (χ4n) is 4.22. The molecule has 1 aromatic carbocycles. The Balaban J connectivity index is 1.57. The number of carbonyl (C=O) groups excluding carboxylic acids is 2. The summed E-state index contributed by atoms with van der Waals surface area (Å²) in [5, 5.41) is 9.28. The number of para-hydroxylation sites is 1. The summed E-state index contributed by atoms with van der Waals surface area (Å²) in [6.07, 6.45) is 4.82. The van der Waals surface area contributed by atoms with Gasteiger partial charge in [-0.05, 0) is 36.8 Å². The van der Waals surface area contributed by atoms with E-state index in [4.69, 9.17) is 4.74 Å². The number of nitriles is 1. The van der Waals surface area contributed by atoms with Crippen LogP contribution in [0.15, 0.2) is 24.3 Å². The molecule has 29 heavy (non-hydrogen) atoms. The van der Waals surface area contributed by atoms with E-state index in [2.05, 4.69) is 6.07 Å². The van der Waals surface area contributed by atoms with Gasteiger partial charge in [-0.3, -0.25) is 9.59 Å². The Labute approximate surface area is 173 Å². The normalized spacial score (nSPS) is 18.6. The topological polar surface area (TPSA) is 73.6 Å². The average Bonchev–Trinajstić information content (AvgIpc) is 3.24. The monoisotopic (exact) mass is 397 g/mol. The molecule has 1 heterocycles. The summed E-state index contributed by atoms with van der Waals surface area (Å²) in [5.41, 5.74) is 0.424. The Morgan fingerprint density at radius 2 is 1.72 bits per heavy atom. The highest BCUT2D eigenvalue weighted by Crippen LogP contribution is 2.28. The van der Waals surface area contributed by atoms with Crippen LogP contribution < -0.4 is 4.74 Å². The molecule has 6 nitrogen and oxygen atoms in total. The lowest BCUT2D eigenvalue weighted by atomic mass is 10.0. The molecule has 1 aliphatic heterocycles. The molecule has 1 aromatic rings.